The van der Waals surface area contributed by atoms with Crippen molar-refractivity contribution in [2.24, 2.45) is 5.41 Å². The van der Waals surface area contributed by atoms with Gasteiger partial charge in [0.1, 0.15) is 0 Å². The molecule has 1 aromatic heterocycles. The van der Waals surface area contributed by atoms with Crippen molar-refractivity contribution in [3.05, 3.63) is 76.5 Å². The van der Waals surface area contributed by atoms with Gasteiger partial charge in [-0.3, -0.25) is 9.59 Å². The smallest absolute Gasteiger partial charge is 0.255 e. The monoisotopic (exact) mass is 485 g/mol. The highest BCUT2D eigenvalue weighted by molar-refractivity contribution is 7.89. The van der Waals surface area contributed by atoms with E-state index in [0.717, 1.165) is 4.88 Å². The lowest BCUT2D eigenvalue weighted by molar-refractivity contribution is -0.123. The van der Waals surface area contributed by atoms with E-state index in [1.54, 1.807) is 35.6 Å². The number of anilines is 2. The highest BCUT2D eigenvalue weighted by Crippen LogP contribution is 2.21. The lowest BCUT2D eigenvalue weighted by Gasteiger charge is -2.18. The SMILES string of the molecule is CC(C)(C)C(=O)Nc1cccc(NC(=O)c2ccc(S(=O)(=O)NCCc3cccs3)cc2)c1. The van der Waals surface area contributed by atoms with Gasteiger partial charge in [0.15, 0.2) is 0 Å². The predicted octanol–water partition coefficient (Wildman–Crippen LogP) is 4.51. The van der Waals surface area contributed by atoms with Gasteiger partial charge in [-0.05, 0) is 60.3 Å². The number of carbonyl (C=O) groups excluding carboxylic acids is 2. The Balaban J connectivity index is 1.61. The Morgan fingerprint density at radius 2 is 1.58 bits per heavy atom. The van der Waals surface area contributed by atoms with Gasteiger partial charge in [-0.1, -0.05) is 32.9 Å². The molecule has 0 aliphatic carbocycles. The van der Waals surface area contributed by atoms with Gasteiger partial charge in [0, 0.05) is 33.8 Å². The van der Waals surface area contributed by atoms with Gasteiger partial charge in [-0.2, -0.15) is 0 Å². The Kier molecular flexibility index (Phi) is 7.68. The Morgan fingerprint density at radius 1 is 0.909 bits per heavy atom. The van der Waals surface area contributed by atoms with Crippen LogP contribution in [-0.4, -0.2) is 26.8 Å². The summed E-state index contributed by atoms with van der Waals surface area (Å²) in [7, 11) is -3.66. The molecular formula is C24H27N3O4S2. The zero-order valence-electron chi connectivity index (χ0n) is 18.7. The van der Waals surface area contributed by atoms with Crippen molar-refractivity contribution < 1.29 is 18.0 Å². The first-order valence-electron chi connectivity index (χ1n) is 10.4. The van der Waals surface area contributed by atoms with Gasteiger partial charge < -0.3 is 10.6 Å². The van der Waals surface area contributed by atoms with Gasteiger partial charge in [0.25, 0.3) is 5.91 Å². The fourth-order valence-corrected chi connectivity index (χ4v) is 4.57. The van der Waals surface area contributed by atoms with Crippen molar-refractivity contribution >= 4 is 44.5 Å². The minimum absolute atomic E-state index is 0.0946. The molecule has 0 unspecified atom stereocenters. The maximum Gasteiger partial charge on any atom is 0.255 e. The number of sulfonamides is 1. The van der Waals surface area contributed by atoms with Crippen LogP contribution < -0.4 is 15.4 Å². The molecule has 0 bridgehead atoms. The molecule has 0 atom stereocenters. The van der Waals surface area contributed by atoms with Gasteiger partial charge in [0.2, 0.25) is 15.9 Å². The quantitative estimate of drug-likeness (QED) is 0.437. The molecule has 0 aliphatic rings. The lowest BCUT2D eigenvalue weighted by Crippen LogP contribution is -2.27. The van der Waals surface area contributed by atoms with E-state index in [1.165, 1.54) is 24.3 Å². The van der Waals surface area contributed by atoms with Crippen LogP contribution in [0.4, 0.5) is 11.4 Å². The normalized spacial score (nSPS) is 11.7. The van der Waals surface area contributed by atoms with E-state index in [2.05, 4.69) is 15.4 Å². The highest BCUT2D eigenvalue weighted by atomic mass is 32.2. The van der Waals surface area contributed by atoms with Crippen molar-refractivity contribution in [2.45, 2.75) is 32.1 Å². The molecule has 0 radical (unpaired) electrons. The van der Waals surface area contributed by atoms with Crippen molar-refractivity contribution in [1.29, 1.82) is 0 Å². The maximum absolute atomic E-state index is 12.6. The molecule has 7 nitrogen and oxygen atoms in total. The van der Waals surface area contributed by atoms with E-state index < -0.39 is 15.4 Å². The van der Waals surface area contributed by atoms with Crippen molar-refractivity contribution in [1.82, 2.24) is 4.72 Å². The van der Waals surface area contributed by atoms with Gasteiger partial charge in [-0.15, -0.1) is 11.3 Å². The van der Waals surface area contributed by atoms with Crippen molar-refractivity contribution in [2.75, 3.05) is 17.2 Å². The number of thiophene rings is 1. The molecule has 0 saturated carbocycles. The van der Waals surface area contributed by atoms with Crippen LogP contribution in [-0.2, 0) is 21.2 Å². The molecule has 2 amide bonds. The van der Waals surface area contributed by atoms with Crippen LogP contribution in [0, 0.1) is 5.41 Å². The number of hydrogen-bond donors (Lipinski definition) is 3. The van der Waals surface area contributed by atoms with Crippen LogP contribution in [0.2, 0.25) is 0 Å². The standard InChI is InChI=1S/C24H27N3O4S2/c1-24(2,3)23(29)27-19-7-4-6-18(16-19)26-22(28)17-9-11-21(12-10-17)33(30,31)25-14-13-20-8-5-15-32-20/h4-12,15-16,25H,13-14H2,1-3H3,(H,26,28)(H,27,29). The molecule has 0 spiro atoms. The molecule has 3 rings (SSSR count). The molecular weight excluding hydrogens is 458 g/mol. The summed E-state index contributed by atoms with van der Waals surface area (Å²) in [4.78, 5) is 26.0. The molecule has 0 fully saturated rings. The second-order valence-electron chi connectivity index (χ2n) is 8.49. The summed E-state index contributed by atoms with van der Waals surface area (Å²) < 4.78 is 27.6. The van der Waals surface area contributed by atoms with Crippen molar-refractivity contribution in [3.8, 4) is 0 Å². The first-order chi connectivity index (χ1) is 15.5. The molecule has 9 heteroatoms. The summed E-state index contributed by atoms with van der Waals surface area (Å²) in [6, 6.07) is 16.5. The van der Waals surface area contributed by atoms with Gasteiger partial charge in [-0.25, -0.2) is 13.1 Å². The predicted molar refractivity (Wildman–Crippen MR) is 132 cm³/mol. The molecule has 174 valence electrons. The average Bonchev–Trinajstić information content (AvgIpc) is 3.27. The van der Waals surface area contributed by atoms with E-state index in [1.807, 2.05) is 38.3 Å². The first-order valence-corrected chi connectivity index (χ1v) is 12.8. The van der Waals surface area contributed by atoms with Crippen LogP contribution in [0.25, 0.3) is 0 Å². The summed E-state index contributed by atoms with van der Waals surface area (Å²) in [5, 5.41) is 7.54. The summed E-state index contributed by atoms with van der Waals surface area (Å²) in [6.07, 6.45) is 0.618. The largest absolute Gasteiger partial charge is 0.326 e. The Labute approximate surface area is 198 Å². The van der Waals surface area contributed by atoms with Gasteiger partial charge in [0.05, 0.1) is 4.90 Å². The van der Waals surface area contributed by atoms with E-state index >= 15 is 0 Å². The summed E-state index contributed by atoms with van der Waals surface area (Å²) in [5.74, 6) is -0.518. The Hall–Kier alpha value is -3.01. The second kappa shape index (κ2) is 10.3. The van der Waals surface area contributed by atoms with E-state index in [9.17, 15) is 18.0 Å². The molecule has 3 N–H and O–H groups in total. The summed E-state index contributed by atoms with van der Waals surface area (Å²) in [6.45, 7) is 5.75. The zero-order valence-corrected chi connectivity index (χ0v) is 20.3. The number of benzene rings is 2. The fraction of sp³-hybridized carbons (Fsp3) is 0.250. The first kappa shape index (κ1) is 24.6. The molecule has 0 saturated heterocycles. The third-order valence-corrected chi connectivity index (χ3v) is 7.14. The van der Waals surface area contributed by atoms with Crippen molar-refractivity contribution in [3.63, 3.8) is 0 Å². The molecule has 3 aromatic rings. The molecule has 0 aliphatic heterocycles. The van der Waals surface area contributed by atoms with Crippen LogP contribution >= 0.6 is 11.3 Å². The highest BCUT2D eigenvalue weighted by Gasteiger charge is 2.21. The van der Waals surface area contributed by atoms with Crippen LogP contribution in [0.5, 0.6) is 0 Å². The number of amides is 2. The third-order valence-electron chi connectivity index (χ3n) is 4.73. The summed E-state index contributed by atoms with van der Waals surface area (Å²) >= 11 is 1.58. The fourth-order valence-electron chi connectivity index (χ4n) is 2.83. The van der Waals surface area contributed by atoms with E-state index in [-0.39, 0.29) is 16.7 Å². The zero-order chi connectivity index (χ0) is 24.1. The minimum Gasteiger partial charge on any atom is -0.326 e. The Morgan fingerprint density at radius 3 is 2.18 bits per heavy atom. The molecule has 1 heterocycles. The minimum atomic E-state index is -3.66. The number of nitrogens with one attached hydrogen (secondary N) is 3. The third kappa shape index (κ3) is 6.98. The van der Waals surface area contributed by atoms with E-state index in [0.29, 0.717) is 29.9 Å². The molecule has 2 aromatic carbocycles. The van der Waals surface area contributed by atoms with Crippen LogP contribution in [0.1, 0.15) is 36.0 Å². The van der Waals surface area contributed by atoms with E-state index in [4.69, 9.17) is 0 Å². The number of carbonyl (C=O) groups is 2. The molecule has 33 heavy (non-hydrogen) atoms. The topological polar surface area (TPSA) is 104 Å². The number of rotatable bonds is 8. The maximum atomic E-state index is 12.6. The van der Waals surface area contributed by atoms with Crippen LogP contribution in [0.3, 0.4) is 0 Å². The van der Waals surface area contributed by atoms with Crippen LogP contribution in [0.15, 0.2) is 70.9 Å². The Bertz CT molecular complexity index is 1210. The second-order valence-corrected chi connectivity index (χ2v) is 11.3. The summed E-state index contributed by atoms with van der Waals surface area (Å²) in [5.41, 5.74) is 0.860. The average molecular weight is 486 g/mol. The number of hydrogen-bond acceptors (Lipinski definition) is 5. The van der Waals surface area contributed by atoms with Gasteiger partial charge >= 0.3 is 0 Å². The lowest BCUT2D eigenvalue weighted by atomic mass is 9.95.